The van der Waals surface area contributed by atoms with Crippen LogP contribution in [0.2, 0.25) is 0 Å². The first kappa shape index (κ1) is 17.2. The Morgan fingerprint density at radius 2 is 2.19 bits per heavy atom. The average molecular weight is 287 g/mol. The molecule has 4 nitrogen and oxygen atoms in total. The van der Waals surface area contributed by atoms with E-state index in [1.165, 1.54) is 0 Å². The van der Waals surface area contributed by atoms with Crippen LogP contribution in [0.4, 0.5) is 0 Å². The van der Waals surface area contributed by atoms with Crippen molar-refractivity contribution in [1.82, 2.24) is 4.90 Å². The van der Waals surface area contributed by atoms with E-state index in [0.29, 0.717) is 31.0 Å². The Balaban J connectivity index is 2.49. The number of nitrogens with two attached hydrogens (primary N) is 1. The topological polar surface area (TPSA) is 70.1 Å². The van der Waals surface area contributed by atoms with E-state index in [9.17, 15) is 4.79 Å². The average Bonchev–Trinajstić information content (AvgIpc) is 2.51. The van der Waals surface area contributed by atoms with Crippen LogP contribution in [0.5, 0.6) is 0 Å². The molecule has 0 aliphatic rings. The van der Waals surface area contributed by atoms with E-state index in [4.69, 9.17) is 11.0 Å². The lowest BCUT2D eigenvalue weighted by atomic mass is 9.96. The number of carbonyl (C=O) groups is 1. The first-order chi connectivity index (χ1) is 10.1. The van der Waals surface area contributed by atoms with Crippen LogP contribution in [0.25, 0.3) is 0 Å². The van der Waals surface area contributed by atoms with Crippen molar-refractivity contribution in [2.24, 2.45) is 11.7 Å². The van der Waals surface area contributed by atoms with E-state index < -0.39 is 0 Å². The van der Waals surface area contributed by atoms with Gasteiger partial charge in [0.25, 0.3) is 0 Å². The summed E-state index contributed by atoms with van der Waals surface area (Å²) in [5.41, 5.74) is 7.19. The fourth-order valence-corrected chi connectivity index (χ4v) is 2.41. The highest BCUT2D eigenvalue weighted by molar-refractivity contribution is 5.75. The molecule has 1 aromatic rings. The molecular weight excluding hydrogens is 262 g/mol. The van der Waals surface area contributed by atoms with Crippen molar-refractivity contribution in [3.8, 4) is 6.07 Å². The second-order valence-corrected chi connectivity index (χ2v) is 5.45. The van der Waals surface area contributed by atoms with E-state index in [1.54, 1.807) is 11.0 Å². The van der Waals surface area contributed by atoms with Gasteiger partial charge in [0.15, 0.2) is 0 Å². The molecule has 1 aromatic carbocycles. The monoisotopic (exact) mass is 287 g/mol. The van der Waals surface area contributed by atoms with Crippen molar-refractivity contribution in [2.45, 2.75) is 39.2 Å². The van der Waals surface area contributed by atoms with E-state index >= 15 is 0 Å². The lowest BCUT2D eigenvalue weighted by Crippen LogP contribution is -2.26. The Kier molecular flexibility index (Phi) is 7.49. The maximum atomic E-state index is 12.2. The molecule has 1 rings (SSSR count). The molecular formula is C17H25N3O. The molecule has 0 saturated carbocycles. The number of benzene rings is 1. The maximum absolute atomic E-state index is 12.2. The maximum Gasteiger partial charge on any atom is 0.222 e. The first-order valence-electron chi connectivity index (χ1n) is 7.53. The second-order valence-electron chi connectivity index (χ2n) is 5.45. The summed E-state index contributed by atoms with van der Waals surface area (Å²) in [6, 6.07) is 9.50. The van der Waals surface area contributed by atoms with Gasteiger partial charge in [0.05, 0.1) is 11.6 Å². The Morgan fingerprint density at radius 3 is 2.81 bits per heavy atom. The molecule has 114 valence electrons. The highest BCUT2D eigenvalue weighted by atomic mass is 16.2. The van der Waals surface area contributed by atoms with Gasteiger partial charge >= 0.3 is 0 Å². The molecule has 2 N–H and O–H groups in total. The molecule has 4 heteroatoms. The van der Waals surface area contributed by atoms with Crippen molar-refractivity contribution >= 4 is 5.91 Å². The summed E-state index contributed by atoms with van der Waals surface area (Å²) in [4.78, 5) is 13.9. The summed E-state index contributed by atoms with van der Waals surface area (Å²) in [6.45, 7) is 3.37. The largest absolute Gasteiger partial charge is 0.341 e. The van der Waals surface area contributed by atoms with Gasteiger partial charge in [-0.2, -0.15) is 5.26 Å². The molecule has 0 saturated heterocycles. The van der Waals surface area contributed by atoms with E-state index in [1.807, 2.05) is 25.2 Å². The molecule has 0 radical (unpaired) electrons. The van der Waals surface area contributed by atoms with Crippen molar-refractivity contribution in [3.63, 3.8) is 0 Å². The summed E-state index contributed by atoms with van der Waals surface area (Å²) in [5.74, 6) is 0.682. The number of hydrogen-bond donors (Lipinski definition) is 1. The summed E-state index contributed by atoms with van der Waals surface area (Å²) in [5, 5.41) is 8.89. The van der Waals surface area contributed by atoms with Gasteiger partial charge in [-0.1, -0.05) is 25.5 Å². The third-order valence-electron chi connectivity index (χ3n) is 3.82. The molecule has 1 unspecified atom stereocenters. The summed E-state index contributed by atoms with van der Waals surface area (Å²) in [6.07, 6.45) is 3.51. The second kappa shape index (κ2) is 9.15. The van der Waals surface area contributed by atoms with Gasteiger partial charge in [-0.05, 0) is 43.0 Å². The van der Waals surface area contributed by atoms with Gasteiger partial charge in [-0.15, -0.1) is 0 Å². The fourth-order valence-electron chi connectivity index (χ4n) is 2.41. The van der Waals surface area contributed by atoms with Gasteiger partial charge in [-0.3, -0.25) is 4.79 Å². The van der Waals surface area contributed by atoms with Crippen molar-refractivity contribution in [1.29, 1.82) is 5.26 Å². The third kappa shape index (κ3) is 5.97. The summed E-state index contributed by atoms with van der Waals surface area (Å²) >= 11 is 0. The highest BCUT2D eigenvalue weighted by Crippen LogP contribution is 2.16. The molecule has 0 spiro atoms. The predicted octanol–water partition coefficient (Wildman–Crippen LogP) is 2.67. The molecule has 0 aromatic heterocycles. The normalized spacial score (nSPS) is 11.7. The predicted molar refractivity (Wildman–Crippen MR) is 84.3 cm³/mol. The van der Waals surface area contributed by atoms with E-state index in [2.05, 4.69) is 13.0 Å². The van der Waals surface area contributed by atoms with E-state index in [0.717, 1.165) is 24.8 Å². The summed E-state index contributed by atoms with van der Waals surface area (Å²) in [7, 11) is 1.81. The Hall–Kier alpha value is -1.86. The molecule has 0 aliphatic heterocycles. The molecule has 1 amide bonds. The third-order valence-corrected chi connectivity index (χ3v) is 3.82. The minimum Gasteiger partial charge on any atom is -0.341 e. The Labute approximate surface area is 127 Å². The molecule has 1 atom stereocenters. The first-order valence-corrected chi connectivity index (χ1v) is 7.53. The van der Waals surface area contributed by atoms with Gasteiger partial charge < -0.3 is 10.6 Å². The van der Waals surface area contributed by atoms with Gasteiger partial charge in [0.2, 0.25) is 5.91 Å². The number of nitrogens with zero attached hydrogens (tertiary/aromatic N) is 2. The fraction of sp³-hybridized carbons (Fsp3) is 0.529. The van der Waals surface area contributed by atoms with Crippen LogP contribution in [0.15, 0.2) is 24.3 Å². The lowest BCUT2D eigenvalue weighted by molar-refractivity contribution is -0.130. The van der Waals surface area contributed by atoms with Crippen molar-refractivity contribution < 1.29 is 4.79 Å². The standard InChI is InChI=1S/C17H25N3O/c1-3-14(9-10-18)7-8-17(21)20(2)13-16-6-4-5-15(11-16)12-19/h4-6,11,14H,3,7-10,13,18H2,1-2H3. The zero-order chi connectivity index (χ0) is 15.7. The van der Waals surface area contributed by atoms with Crippen LogP contribution in [-0.4, -0.2) is 24.4 Å². The summed E-state index contributed by atoms with van der Waals surface area (Å²) < 4.78 is 0. The van der Waals surface area contributed by atoms with Crippen LogP contribution in [-0.2, 0) is 11.3 Å². The number of rotatable bonds is 8. The minimum absolute atomic E-state index is 0.146. The van der Waals surface area contributed by atoms with Crippen LogP contribution >= 0.6 is 0 Å². The van der Waals surface area contributed by atoms with E-state index in [-0.39, 0.29) is 5.91 Å². The number of carbonyl (C=O) groups excluding carboxylic acids is 1. The molecule has 0 fully saturated rings. The number of amides is 1. The van der Waals surface area contributed by atoms with Crippen LogP contribution in [0.1, 0.15) is 43.7 Å². The molecule has 0 heterocycles. The lowest BCUT2D eigenvalue weighted by Gasteiger charge is -2.19. The Morgan fingerprint density at radius 1 is 1.43 bits per heavy atom. The quantitative estimate of drug-likeness (QED) is 0.799. The smallest absolute Gasteiger partial charge is 0.222 e. The number of nitriles is 1. The van der Waals surface area contributed by atoms with Crippen LogP contribution in [0, 0.1) is 17.2 Å². The molecule has 0 aliphatic carbocycles. The molecule has 0 bridgehead atoms. The highest BCUT2D eigenvalue weighted by Gasteiger charge is 2.13. The Bertz CT molecular complexity index is 493. The number of hydrogen-bond acceptors (Lipinski definition) is 3. The van der Waals surface area contributed by atoms with Crippen LogP contribution in [0.3, 0.4) is 0 Å². The van der Waals surface area contributed by atoms with Gasteiger partial charge in [0, 0.05) is 20.0 Å². The van der Waals surface area contributed by atoms with Crippen molar-refractivity contribution in [3.05, 3.63) is 35.4 Å². The van der Waals surface area contributed by atoms with Crippen molar-refractivity contribution in [2.75, 3.05) is 13.6 Å². The SMILES string of the molecule is CCC(CCN)CCC(=O)N(C)Cc1cccc(C#N)c1. The molecule has 21 heavy (non-hydrogen) atoms. The zero-order valence-electron chi connectivity index (χ0n) is 13.0. The minimum atomic E-state index is 0.146. The van der Waals surface area contributed by atoms with Gasteiger partial charge in [-0.25, -0.2) is 0 Å². The van der Waals surface area contributed by atoms with Gasteiger partial charge in [0.1, 0.15) is 0 Å². The zero-order valence-corrected chi connectivity index (χ0v) is 13.0. The van der Waals surface area contributed by atoms with Crippen LogP contribution < -0.4 is 5.73 Å².